The highest BCUT2D eigenvalue weighted by Crippen LogP contribution is 2.03. The van der Waals surface area contributed by atoms with Gasteiger partial charge in [-0.2, -0.15) is 0 Å². The molecule has 2 N–H and O–H groups in total. The highest BCUT2D eigenvalue weighted by atomic mass is 16.2. The van der Waals surface area contributed by atoms with E-state index in [1.165, 1.54) is 0 Å². The molecule has 0 aromatic heterocycles. The van der Waals surface area contributed by atoms with Crippen molar-refractivity contribution in [3.63, 3.8) is 0 Å². The summed E-state index contributed by atoms with van der Waals surface area (Å²) in [5.74, 6) is 0. The number of likely N-dealkylation sites (N-methyl/N-ethyl adjacent to an activating group) is 1. The van der Waals surface area contributed by atoms with Crippen molar-refractivity contribution in [2.45, 2.75) is 0 Å². The molecule has 0 spiro atoms. The van der Waals surface area contributed by atoms with E-state index in [-0.39, 0.29) is 6.03 Å². The van der Waals surface area contributed by atoms with Crippen molar-refractivity contribution in [2.75, 3.05) is 32.5 Å². The maximum absolute atomic E-state index is 11.4. The molecular formula is C11H17N3O. The molecule has 82 valence electrons. The number of hydrogen-bond donors (Lipinski definition) is 2. The van der Waals surface area contributed by atoms with E-state index < -0.39 is 0 Å². The molecule has 1 aromatic carbocycles. The van der Waals surface area contributed by atoms with Crippen molar-refractivity contribution in [1.29, 1.82) is 0 Å². The number of para-hydroxylation sites is 1. The summed E-state index contributed by atoms with van der Waals surface area (Å²) in [4.78, 5) is 13.4. The number of anilines is 1. The molecule has 15 heavy (non-hydrogen) atoms. The van der Waals surface area contributed by atoms with Crippen LogP contribution in [0.2, 0.25) is 0 Å². The zero-order chi connectivity index (χ0) is 11.1. The Morgan fingerprint density at radius 3 is 2.53 bits per heavy atom. The number of amides is 2. The average Bonchev–Trinajstić information content (AvgIpc) is 2.18. The molecule has 0 saturated heterocycles. The predicted octanol–water partition coefficient (Wildman–Crippen LogP) is 1.37. The highest BCUT2D eigenvalue weighted by Gasteiger charge is 1.99. The van der Waals surface area contributed by atoms with Crippen LogP contribution in [-0.4, -0.2) is 38.1 Å². The van der Waals surface area contributed by atoms with Crippen molar-refractivity contribution in [3.8, 4) is 0 Å². The molecule has 0 bridgehead atoms. The van der Waals surface area contributed by atoms with Gasteiger partial charge in [-0.3, -0.25) is 0 Å². The van der Waals surface area contributed by atoms with E-state index >= 15 is 0 Å². The molecule has 0 aliphatic carbocycles. The second-order valence-electron chi connectivity index (χ2n) is 3.55. The van der Waals surface area contributed by atoms with Crippen LogP contribution in [0.3, 0.4) is 0 Å². The van der Waals surface area contributed by atoms with Gasteiger partial charge in [-0.25, -0.2) is 4.79 Å². The topological polar surface area (TPSA) is 44.4 Å². The standard InChI is InChI=1S/C11H17N3O/c1-14(2)9-8-12-11(15)13-10-6-4-3-5-7-10/h3-7H,8-9H2,1-2H3,(H2,12,13,15). The zero-order valence-electron chi connectivity index (χ0n) is 9.16. The summed E-state index contributed by atoms with van der Waals surface area (Å²) in [6.45, 7) is 1.48. The summed E-state index contributed by atoms with van der Waals surface area (Å²) in [5.41, 5.74) is 0.805. The van der Waals surface area contributed by atoms with Crippen molar-refractivity contribution in [1.82, 2.24) is 10.2 Å². The minimum atomic E-state index is -0.164. The first-order valence-corrected chi connectivity index (χ1v) is 4.93. The number of rotatable bonds is 4. The van der Waals surface area contributed by atoms with Gasteiger partial charge in [-0.05, 0) is 26.2 Å². The Kier molecular flexibility index (Phi) is 4.63. The molecule has 0 heterocycles. The van der Waals surface area contributed by atoms with Crippen molar-refractivity contribution >= 4 is 11.7 Å². The van der Waals surface area contributed by atoms with Gasteiger partial charge in [0.1, 0.15) is 0 Å². The third-order valence-corrected chi connectivity index (χ3v) is 1.88. The van der Waals surface area contributed by atoms with Gasteiger partial charge in [-0.15, -0.1) is 0 Å². The van der Waals surface area contributed by atoms with Gasteiger partial charge in [0.2, 0.25) is 0 Å². The quantitative estimate of drug-likeness (QED) is 0.783. The number of nitrogens with one attached hydrogen (secondary N) is 2. The fourth-order valence-corrected chi connectivity index (χ4v) is 1.09. The lowest BCUT2D eigenvalue weighted by atomic mass is 10.3. The lowest BCUT2D eigenvalue weighted by molar-refractivity contribution is 0.250. The van der Waals surface area contributed by atoms with Crippen LogP contribution in [0.1, 0.15) is 0 Å². The summed E-state index contributed by atoms with van der Waals surface area (Å²) in [7, 11) is 3.94. The number of nitrogens with zero attached hydrogens (tertiary/aromatic N) is 1. The molecule has 1 rings (SSSR count). The Hall–Kier alpha value is -1.55. The smallest absolute Gasteiger partial charge is 0.319 e. The van der Waals surface area contributed by atoms with Gasteiger partial charge in [0.05, 0.1) is 0 Å². The van der Waals surface area contributed by atoms with Gasteiger partial charge < -0.3 is 15.5 Å². The monoisotopic (exact) mass is 207 g/mol. The fraction of sp³-hybridized carbons (Fsp3) is 0.364. The van der Waals surface area contributed by atoms with Crippen LogP contribution in [0.15, 0.2) is 30.3 Å². The van der Waals surface area contributed by atoms with Crippen LogP contribution in [0.5, 0.6) is 0 Å². The van der Waals surface area contributed by atoms with Crippen molar-refractivity contribution in [2.24, 2.45) is 0 Å². The molecule has 0 fully saturated rings. The summed E-state index contributed by atoms with van der Waals surface area (Å²) < 4.78 is 0. The van der Waals surface area contributed by atoms with E-state index in [1.54, 1.807) is 0 Å². The second-order valence-corrected chi connectivity index (χ2v) is 3.55. The van der Waals surface area contributed by atoms with Crippen LogP contribution in [0.4, 0.5) is 10.5 Å². The first-order chi connectivity index (χ1) is 7.18. The Morgan fingerprint density at radius 1 is 1.27 bits per heavy atom. The molecule has 1 aromatic rings. The molecule has 0 atom stereocenters. The van der Waals surface area contributed by atoms with Gasteiger partial charge in [0.15, 0.2) is 0 Å². The molecule has 4 nitrogen and oxygen atoms in total. The number of carbonyl (C=O) groups excluding carboxylic acids is 1. The molecular weight excluding hydrogens is 190 g/mol. The Balaban J connectivity index is 2.25. The second kappa shape index (κ2) is 6.03. The summed E-state index contributed by atoms with van der Waals surface area (Å²) in [5, 5.41) is 5.52. The maximum atomic E-state index is 11.4. The molecule has 0 aliphatic heterocycles. The third-order valence-electron chi connectivity index (χ3n) is 1.88. The van der Waals surface area contributed by atoms with Crippen LogP contribution >= 0.6 is 0 Å². The van der Waals surface area contributed by atoms with Crippen LogP contribution in [-0.2, 0) is 0 Å². The molecule has 2 amide bonds. The van der Waals surface area contributed by atoms with Crippen molar-refractivity contribution in [3.05, 3.63) is 30.3 Å². The minimum Gasteiger partial charge on any atom is -0.337 e. The fourth-order valence-electron chi connectivity index (χ4n) is 1.09. The number of urea groups is 1. The molecule has 0 radical (unpaired) electrons. The molecule has 0 saturated carbocycles. The largest absolute Gasteiger partial charge is 0.337 e. The van der Waals surface area contributed by atoms with Crippen LogP contribution in [0, 0.1) is 0 Å². The van der Waals surface area contributed by atoms with E-state index in [2.05, 4.69) is 10.6 Å². The summed E-state index contributed by atoms with van der Waals surface area (Å²) in [6.07, 6.45) is 0. The molecule has 4 heteroatoms. The van der Waals surface area contributed by atoms with E-state index in [9.17, 15) is 4.79 Å². The molecule has 0 aliphatic rings. The first-order valence-electron chi connectivity index (χ1n) is 4.93. The number of benzene rings is 1. The minimum absolute atomic E-state index is 0.164. The van der Waals surface area contributed by atoms with Gasteiger partial charge in [0, 0.05) is 18.8 Å². The highest BCUT2D eigenvalue weighted by molar-refractivity contribution is 5.89. The van der Waals surface area contributed by atoms with E-state index in [1.807, 2.05) is 49.3 Å². The van der Waals surface area contributed by atoms with Crippen molar-refractivity contribution < 1.29 is 4.79 Å². The van der Waals surface area contributed by atoms with E-state index in [0.717, 1.165) is 12.2 Å². The third kappa shape index (κ3) is 5.02. The normalized spacial score (nSPS) is 10.1. The first kappa shape index (κ1) is 11.5. The number of carbonyl (C=O) groups is 1. The lowest BCUT2D eigenvalue weighted by Gasteiger charge is -2.11. The lowest BCUT2D eigenvalue weighted by Crippen LogP contribution is -2.34. The molecule has 0 unspecified atom stereocenters. The predicted molar refractivity (Wildman–Crippen MR) is 62.0 cm³/mol. The Morgan fingerprint density at radius 2 is 1.93 bits per heavy atom. The van der Waals surface area contributed by atoms with E-state index in [4.69, 9.17) is 0 Å². The number of hydrogen-bond acceptors (Lipinski definition) is 2. The SMILES string of the molecule is CN(C)CCNC(=O)Nc1ccccc1. The zero-order valence-corrected chi connectivity index (χ0v) is 9.16. The average molecular weight is 207 g/mol. The van der Waals surface area contributed by atoms with Gasteiger partial charge in [0.25, 0.3) is 0 Å². The Bertz CT molecular complexity index is 298. The Labute approximate surface area is 90.3 Å². The van der Waals surface area contributed by atoms with E-state index in [0.29, 0.717) is 6.54 Å². The maximum Gasteiger partial charge on any atom is 0.319 e. The van der Waals surface area contributed by atoms with Crippen LogP contribution in [0.25, 0.3) is 0 Å². The van der Waals surface area contributed by atoms with Gasteiger partial charge in [-0.1, -0.05) is 18.2 Å². The van der Waals surface area contributed by atoms with Crippen LogP contribution < -0.4 is 10.6 Å². The summed E-state index contributed by atoms with van der Waals surface area (Å²) >= 11 is 0. The van der Waals surface area contributed by atoms with Gasteiger partial charge >= 0.3 is 6.03 Å². The summed E-state index contributed by atoms with van der Waals surface area (Å²) in [6, 6.07) is 9.22.